The molecule has 2 heterocycles. The Kier molecular flexibility index (Phi) is 9.77. The lowest BCUT2D eigenvalue weighted by Crippen LogP contribution is -2.77. The van der Waals surface area contributed by atoms with Gasteiger partial charge in [0.15, 0.2) is 6.10 Å². The summed E-state index contributed by atoms with van der Waals surface area (Å²) in [6, 6.07) is 3.79. The predicted octanol–water partition coefficient (Wildman–Crippen LogP) is 3.60. The number of ether oxygens (including phenoxy) is 1. The second kappa shape index (κ2) is 13.0. The number of nitrogens with zero attached hydrogens (tertiary/aromatic N) is 3. The highest BCUT2D eigenvalue weighted by Crippen LogP contribution is 2.67. The van der Waals surface area contributed by atoms with Crippen LogP contribution in [0.3, 0.4) is 0 Å². The zero-order chi connectivity index (χ0) is 32.4. The van der Waals surface area contributed by atoms with Gasteiger partial charge in [-0.3, -0.25) is 29.0 Å². The van der Waals surface area contributed by atoms with E-state index in [9.17, 15) is 29.1 Å². The average Bonchev–Trinajstić information content (AvgIpc) is 3.44. The Morgan fingerprint density at radius 3 is 2.32 bits per heavy atom. The van der Waals surface area contributed by atoms with Crippen molar-refractivity contribution in [1.29, 1.82) is 0 Å². The number of likely N-dealkylation sites (N-methyl/N-ethyl adjacent to an activating group) is 1. The summed E-state index contributed by atoms with van der Waals surface area (Å²) in [6.07, 6.45) is 2.79. The van der Waals surface area contributed by atoms with Gasteiger partial charge in [-0.1, -0.05) is 40.2 Å². The van der Waals surface area contributed by atoms with Crippen molar-refractivity contribution in [3.63, 3.8) is 0 Å². The van der Waals surface area contributed by atoms with Crippen LogP contribution in [0.4, 0.5) is 0 Å². The Bertz CT molecular complexity index is 1390. The smallest absolute Gasteiger partial charge is 0.309 e. The first-order chi connectivity index (χ1) is 20.7. The molecule has 3 N–H and O–H groups in total. The standard InChI is InChI=1S/C31H41N5O7S/c1-7-18(4)24(34-25(38)20-10-8-9-11-32-20)28(40)36(6)22(17(2)3)12-23(43-19(5)37)27-33-21(13-44-27)26(39)35-31-14-30(15-31,16-31)29(41)42/h8-11,13,17-18,22-24H,7,12,14-16H2,1-6H3,(H,34,38)(H,35,39)(H,41,42)/t18-,22+,23+,24-,30?,31?/m0/s1. The SMILES string of the molecule is CC[C@H](C)[C@H](NC(=O)c1ccccn1)C(=O)N(C)[C@H](C[C@@H](OC(C)=O)c1nc(C(=O)NC23CC(C(=O)O)(C2)C3)cs1)C(C)C. The van der Waals surface area contributed by atoms with Crippen molar-refractivity contribution < 1.29 is 33.8 Å². The quantitative estimate of drug-likeness (QED) is 0.265. The van der Waals surface area contributed by atoms with E-state index in [1.54, 1.807) is 35.5 Å². The number of amides is 3. The van der Waals surface area contributed by atoms with Crippen molar-refractivity contribution in [3.8, 4) is 0 Å². The number of aromatic nitrogens is 2. The molecule has 238 valence electrons. The van der Waals surface area contributed by atoms with E-state index >= 15 is 0 Å². The van der Waals surface area contributed by atoms with E-state index in [1.165, 1.54) is 24.5 Å². The number of esters is 1. The molecule has 3 amide bonds. The topological polar surface area (TPSA) is 168 Å². The van der Waals surface area contributed by atoms with Crippen molar-refractivity contribution in [2.24, 2.45) is 17.3 Å². The molecule has 3 fully saturated rings. The largest absolute Gasteiger partial charge is 0.481 e. The molecule has 0 aromatic carbocycles. The van der Waals surface area contributed by atoms with Crippen LogP contribution in [-0.2, 0) is 19.1 Å². The van der Waals surface area contributed by atoms with Crippen LogP contribution in [0, 0.1) is 17.3 Å². The fraction of sp³-hybridized carbons (Fsp3) is 0.581. The number of pyridine rings is 1. The Balaban J connectivity index is 1.48. The number of nitrogens with one attached hydrogen (secondary N) is 2. The zero-order valence-electron chi connectivity index (χ0n) is 26.0. The van der Waals surface area contributed by atoms with Crippen molar-refractivity contribution in [3.05, 3.63) is 46.2 Å². The van der Waals surface area contributed by atoms with Gasteiger partial charge in [-0.2, -0.15) is 0 Å². The molecule has 44 heavy (non-hydrogen) atoms. The molecular weight excluding hydrogens is 586 g/mol. The third-order valence-corrected chi connectivity index (χ3v) is 9.87. The number of thiazole rings is 1. The molecule has 3 aliphatic carbocycles. The van der Waals surface area contributed by atoms with Crippen LogP contribution in [0.15, 0.2) is 29.8 Å². The van der Waals surface area contributed by atoms with Gasteiger partial charge in [-0.15, -0.1) is 11.3 Å². The lowest BCUT2D eigenvalue weighted by atomic mass is 9.39. The maximum absolute atomic E-state index is 13.9. The highest BCUT2D eigenvalue weighted by molar-refractivity contribution is 7.09. The fourth-order valence-electron chi connectivity index (χ4n) is 6.27. The summed E-state index contributed by atoms with van der Waals surface area (Å²) in [6.45, 7) is 9.05. The molecule has 13 heteroatoms. The molecule has 5 rings (SSSR count). The van der Waals surface area contributed by atoms with Gasteiger partial charge in [0.25, 0.3) is 11.8 Å². The minimum absolute atomic E-state index is 0.0559. The molecule has 0 aliphatic heterocycles. The van der Waals surface area contributed by atoms with E-state index in [2.05, 4.69) is 20.6 Å². The summed E-state index contributed by atoms with van der Waals surface area (Å²) in [5.41, 5.74) is -0.842. The molecule has 2 aromatic rings. The molecule has 0 radical (unpaired) electrons. The Labute approximate surface area is 261 Å². The molecule has 0 unspecified atom stereocenters. The van der Waals surface area contributed by atoms with Crippen molar-refractivity contribution in [2.45, 2.75) is 90.4 Å². The normalized spacial score (nSPS) is 22.8. The summed E-state index contributed by atoms with van der Waals surface area (Å²) in [7, 11) is 1.68. The van der Waals surface area contributed by atoms with E-state index in [-0.39, 0.29) is 35.6 Å². The van der Waals surface area contributed by atoms with Gasteiger partial charge in [0.1, 0.15) is 22.4 Å². The molecule has 3 saturated carbocycles. The van der Waals surface area contributed by atoms with E-state index < -0.39 is 52.9 Å². The lowest BCUT2D eigenvalue weighted by Gasteiger charge is -2.67. The van der Waals surface area contributed by atoms with E-state index in [4.69, 9.17) is 4.74 Å². The van der Waals surface area contributed by atoms with E-state index in [0.29, 0.717) is 30.7 Å². The van der Waals surface area contributed by atoms with E-state index in [1.807, 2.05) is 27.7 Å². The highest BCUT2D eigenvalue weighted by Gasteiger charge is 2.72. The fourth-order valence-corrected chi connectivity index (χ4v) is 7.11. The van der Waals surface area contributed by atoms with Gasteiger partial charge in [-0.05, 0) is 43.2 Å². The number of hydrogen-bond acceptors (Lipinski definition) is 9. The minimum Gasteiger partial charge on any atom is -0.481 e. The maximum atomic E-state index is 13.9. The molecule has 4 atom stereocenters. The number of carbonyl (C=O) groups is 5. The third-order valence-electron chi connectivity index (χ3n) is 8.93. The van der Waals surface area contributed by atoms with Crippen LogP contribution in [0.1, 0.15) is 98.8 Å². The lowest BCUT2D eigenvalue weighted by molar-refractivity contribution is -0.196. The number of aliphatic carboxylic acids is 1. The summed E-state index contributed by atoms with van der Waals surface area (Å²) in [5, 5.41) is 17.2. The number of carboxylic acid groups (broad SMARTS) is 1. The second-order valence-electron chi connectivity index (χ2n) is 12.6. The van der Waals surface area contributed by atoms with Crippen LogP contribution in [0.2, 0.25) is 0 Å². The first-order valence-corrected chi connectivity index (χ1v) is 15.8. The van der Waals surface area contributed by atoms with Gasteiger partial charge >= 0.3 is 11.9 Å². The van der Waals surface area contributed by atoms with Crippen LogP contribution in [-0.4, -0.2) is 74.3 Å². The van der Waals surface area contributed by atoms with Gasteiger partial charge in [0, 0.05) is 43.5 Å². The van der Waals surface area contributed by atoms with Crippen LogP contribution in [0.25, 0.3) is 0 Å². The third kappa shape index (κ3) is 6.77. The number of rotatable bonds is 14. The Morgan fingerprint density at radius 2 is 1.77 bits per heavy atom. The van der Waals surface area contributed by atoms with Crippen LogP contribution >= 0.6 is 11.3 Å². The first-order valence-electron chi connectivity index (χ1n) is 14.9. The first kappa shape index (κ1) is 33.0. The Hall–Kier alpha value is -3.87. The van der Waals surface area contributed by atoms with E-state index in [0.717, 1.165) is 0 Å². The number of carboxylic acids is 1. The molecule has 0 saturated heterocycles. The highest BCUT2D eigenvalue weighted by atomic mass is 32.1. The van der Waals surface area contributed by atoms with Crippen molar-refractivity contribution in [1.82, 2.24) is 25.5 Å². The number of carbonyl (C=O) groups excluding carboxylic acids is 4. The second-order valence-corrected chi connectivity index (χ2v) is 13.5. The monoisotopic (exact) mass is 627 g/mol. The van der Waals surface area contributed by atoms with Crippen molar-refractivity contribution in [2.75, 3.05) is 7.05 Å². The molecule has 12 nitrogen and oxygen atoms in total. The molecule has 0 spiro atoms. The van der Waals surface area contributed by atoms with Crippen LogP contribution < -0.4 is 10.6 Å². The maximum Gasteiger partial charge on any atom is 0.309 e. The average molecular weight is 628 g/mol. The molecular formula is C31H41N5O7S. The Morgan fingerprint density at radius 1 is 1.09 bits per heavy atom. The summed E-state index contributed by atoms with van der Waals surface area (Å²) in [4.78, 5) is 73.6. The molecule has 2 aromatic heterocycles. The predicted molar refractivity (Wildman–Crippen MR) is 162 cm³/mol. The van der Waals surface area contributed by atoms with Gasteiger partial charge < -0.3 is 25.4 Å². The molecule has 3 aliphatic rings. The van der Waals surface area contributed by atoms with Crippen LogP contribution in [0.5, 0.6) is 0 Å². The van der Waals surface area contributed by atoms with Gasteiger partial charge in [0.2, 0.25) is 5.91 Å². The summed E-state index contributed by atoms with van der Waals surface area (Å²) >= 11 is 1.18. The number of hydrogen-bond donors (Lipinski definition) is 3. The van der Waals surface area contributed by atoms with Crippen molar-refractivity contribution >= 4 is 41.0 Å². The summed E-state index contributed by atoms with van der Waals surface area (Å²) < 4.78 is 5.67. The molecule has 2 bridgehead atoms. The zero-order valence-corrected chi connectivity index (χ0v) is 26.8. The summed E-state index contributed by atoms with van der Waals surface area (Å²) in [5.74, 6) is -2.70. The van der Waals surface area contributed by atoms with Gasteiger partial charge in [-0.25, -0.2) is 4.98 Å². The van der Waals surface area contributed by atoms with Gasteiger partial charge in [0.05, 0.1) is 5.41 Å². The minimum atomic E-state index is -0.831.